The molecule has 0 saturated carbocycles. The van der Waals surface area contributed by atoms with Crippen LogP contribution in [0.3, 0.4) is 0 Å². The summed E-state index contributed by atoms with van der Waals surface area (Å²) in [6.07, 6.45) is 2.40. The molecule has 108 valence electrons. The van der Waals surface area contributed by atoms with E-state index < -0.39 is 0 Å². The zero-order valence-electron chi connectivity index (χ0n) is 11.9. The fraction of sp³-hybridized carbons (Fsp3) is 0.467. The lowest BCUT2D eigenvalue weighted by Gasteiger charge is -2.20. The van der Waals surface area contributed by atoms with Crippen LogP contribution in [0.25, 0.3) is 0 Å². The third-order valence-corrected chi connectivity index (χ3v) is 4.90. The van der Waals surface area contributed by atoms with E-state index in [0.717, 1.165) is 23.1 Å². The van der Waals surface area contributed by atoms with E-state index in [0.29, 0.717) is 0 Å². The number of thiocarbonyl (C=S) groups is 1. The Bertz CT molecular complexity index is 481. The standard InChI is InChI=1S/C15H20N2OS2/c1-11-5-7-13(8-6-11)16-14(18)12(2)20-15(19)17-9-3-4-10-17/h5-8,12H,3-4,9-10H2,1-2H3,(H,16,18)/t12-/m0/s1. The third-order valence-electron chi connectivity index (χ3n) is 3.33. The van der Waals surface area contributed by atoms with Gasteiger partial charge < -0.3 is 10.2 Å². The van der Waals surface area contributed by atoms with Crippen molar-refractivity contribution in [1.29, 1.82) is 0 Å². The van der Waals surface area contributed by atoms with Crippen molar-refractivity contribution in [3.05, 3.63) is 29.8 Å². The van der Waals surface area contributed by atoms with Crippen molar-refractivity contribution in [1.82, 2.24) is 4.90 Å². The Morgan fingerprint density at radius 1 is 1.30 bits per heavy atom. The first-order valence-electron chi connectivity index (χ1n) is 6.89. The van der Waals surface area contributed by atoms with Crippen LogP contribution in [-0.2, 0) is 4.79 Å². The summed E-state index contributed by atoms with van der Waals surface area (Å²) < 4.78 is 0.842. The van der Waals surface area contributed by atoms with E-state index in [4.69, 9.17) is 12.2 Å². The molecule has 1 aromatic rings. The van der Waals surface area contributed by atoms with Gasteiger partial charge in [0.2, 0.25) is 5.91 Å². The molecular formula is C15H20N2OS2. The van der Waals surface area contributed by atoms with Gasteiger partial charge in [-0.15, -0.1) is 0 Å². The summed E-state index contributed by atoms with van der Waals surface area (Å²) in [4.78, 5) is 14.3. The number of amides is 1. The van der Waals surface area contributed by atoms with Gasteiger partial charge in [0.05, 0.1) is 5.25 Å². The van der Waals surface area contributed by atoms with Crippen molar-refractivity contribution in [2.75, 3.05) is 18.4 Å². The van der Waals surface area contributed by atoms with Crippen LogP contribution in [0.2, 0.25) is 0 Å². The monoisotopic (exact) mass is 308 g/mol. The summed E-state index contributed by atoms with van der Waals surface area (Å²) >= 11 is 6.87. The average Bonchev–Trinajstić information content (AvgIpc) is 2.95. The second-order valence-electron chi connectivity index (χ2n) is 5.08. The van der Waals surface area contributed by atoms with Crippen LogP contribution in [0.15, 0.2) is 24.3 Å². The number of hydrogen-bond donors (Lipinski definition) is 1. The molecule has 1 saturated heterocycles. The minimum absolute atomic E-state index is 0.000370. The van der Waals surface area contributed by atoms with Crippen LogP contribution in [-0.4, -0.2) is 33.5 Å². The Kier molecular flexibility index (Phi) is 5.43. The zero-order chi connectivity index (χ0) is 14.5. The van der Waals surface area contributed by atoms with Crippen molar-refractivity contribution in [2.24, 2.45) is 0 Å². The molecule has 1 fully saturated rings. The largest absolute Gasteiger partial charge is 0.358 e. The zero-order valence-corrected chi connectivity index (χ0v) is 13.5. The maximum atomic E-state index is 12.1. The van der Waals surface area contributed by atoms with Gasteiger partial charge in [0.1, 0.15) is 4.32 Å². The fourth-order valence-electron chi connectivity index (χ4n) is 2.06. The molecule has 1 aliphatic heterocycles. The quantitative estimate of drug-likeness (QED) is 0.867. The van der Waals surface area contributed by atoms with Crippen molar-refractivity contribution in [2.45, 2.75) is 31.9 Å². The van der Waals surface area contributed by atoms with E-state index in [1.165, 1.54) is 30.2 Å². The van der Waals surface area contributed by atoms with Crippen molar-refractivity contribution < 1.29 is 4.79 Å². The van der Waals surface area contributed by atoms with Crippen LogP contribution in [0.5, 0.6) is 0 Å². The first kappa shape index (κ1) is 15.3. The van der Waals surface area contributed by atoms with Crippen LogP contribution in [0, 0.1) is 6.92 Å². The van der Waals surface area contributed by atoms with Crippen molar-refractivity contribution >= 4 is 39.9 Å². The normalized spacial score (nSPS) is 16.0. The molecule has 1 aromatic carbocycles. The number of thioether (sulfide) groups is 1. The Morgan fingerprint density at radius 3 is 2.50 bits per heavy atom. The summed E-state index contributed by atoms with van der Waals surface area (Å²) in [5.74, 6) is 0.000370. The first-order valence-corrected chi connectivity index (χ1v) is 8.18. The summed E-state index contributed by atoms with van der Waals surface area (Å²) in [5.41, 5.74) is 2.01. The van der Waals surface area contributed by atoms with E-state index >= 15 is 0 Å². The Balaban J connectivity index is 1.85. The minimum Gasteiger partial charge on any atom is -0.358 e. The average molecular weight is 308 g/mol. The maximum Gasteiger partial charge on any atom is 0.237 e. The van der Waals surface area contributed by atoms with Gasteiger partial charge in [-0.2, -0.15) is 0 Å². The number of nitrogens with zero attached hydrogens (tertiary/aromatic N) is 1. The molecule has 0 radical (unpaired) electrons. The van der Waals surface area contributed by atoms with E-state index in [1.54, 1.807) is 0 Å². The summed E-state index contributed by atoms with van der Waals surface area (Å²) in [6.45, 7) is 5.98. The highest BCUT2D eigenvalue weighted by Crippen LogP contribution is 2.21. The van der Waals surface area contributed by atoms with Crippen molar-refractivity contribution in [3.8, 4) is 0 Å². The molecule has 1 heterocycles. The molecule has 5 heteroatoms. The number of nitrogens with one attached hydrogen (secondary N) is 1. The molecule has 1 aliphatic rings. The highest BCUT2D eigenvalue weighted by Gasteiger charge is 2.21. The first-order chi connectivity index (χ1) is 9.56. The summed E-state index contributed by atoms with van der Waals surface area (Å²) in [5, 5.41) is 2.75. The minimum atomic E-state index is -0.176. The van der Waals surface area contributed by atoms with E-state index in [9.17, 15) is 4.79 Å². The second kappa shape index (κ2) is 7.09. The Hall–Kier alpha value is -1.07. The number of aryl methyl sites for hydroxylation is 1. The molecule has 20 heavy (non-hydrogen) atoms. The van der Waals surface area contributed by atoms with Gasteiger partial charge in [-0.1, -0.05) is 41.7 Å². The number of rotatable bonds is 3. The van der Waals surface area contributed by atoms with Gasteiger partial charge in [0.15, 0.2) is 0 Å². The number of anilines is 1. The summed E-state index contributed by atoms with van der Waals surface area (Å²) in [6, 6.07) is 7.82. The lowest BCUT2D eigenvalue weighted by Crippen LogP contribution is -2.29. The van der Waals surface area contributed by atoms with Gasteiger partial charge in [0.25, 0.3) is 0 Å². The molecule has 1 amide bonds. The predicted octanol–water partition coefficient (Wildman–Crippen LogP) is 3.44. The van der Waals surface area contributed by atoms with Gasteiger partial charge in [-0.25, -0.2) is 0 Å². The van der Waals surface area contributed by atoms with Crippen molar-refractivity contribution in [3.63, 3.8) is 0 Å². The molecule has 1 N–H and O–H groups in total. The van der Waals surface area contributed by atoms with Crippen LogP contribution in [0.1, 0.15) is 25.3 Å². The lowest BCUT2D eigenvalue weighted by molar-refractivity contribution is -0.115. The van der Waals surface area contributed by atoms with Gasteiger partial charge >= 0.3 is 0 Å². The molecule has 0 unspecified atom stereocenters. The van der Waals surface area contributed by atoms with E-state index in [2.05, 4.69) is 10.2 Å². The molecule has 0 bridgehead atoms. The molecule has 1 atom stereocenters. The number of carbonyl (C=O) groups is 1. The Labute approximate surface area is 130 Å². The number of hydrogen-bond acceptors (Lipinski definition) is 3. The highest BCUT2D eigenvalue weighted by atomic mass is 32.2. The Morgan fingerprint density at radius 2 is 1.90 bits per heavy atom. The smallest absolute Gasteiger partial charge is 0.237 e. The van der Waals surface area contributed by atoms with Gasteiger partial charge in [0, 0.05) is 18.8 Å². The SMILES string of the molecule is Cc1ccc(NC(=O)[C@H](C)SC(=S)N2CCCC2)cc1. The summed E-state index contributed by atoms with van der Waals surface area (Å²) in [7, 11) is 0. The van der Waals surface area contributed by atoms with Gasteiger partial charge in [-0.3, -0.25) is 4.79 Å². The molecule has 3 nitrogen and oxygen atoms in total. The third kappa shape index (κ3) is 4.21. The molecular weight excluding hydrogens is 288 g/mol. The molecule has 0 aliphatic carbocycles. The molecule has 0 spiro atoms. The predicted molar refractivity (Wildman–Crippen MR) is 90.3 cm³/mol. The number of benzene rings is 1. The fourth-order valence-corrected chi connectivity index (χ4v) is 3.48. The van der Waals surface area contributed by atoms with E-state index in [1.807, 2.05) is 38.1 Å². The van der Waals surface area contributed by atoms with Crippen LogP contribution >= 0.6 is 24.0 Å². The van der Waals surface area contributed by atoms with E-state index in [-0.39, 0.29) is 11.2 Å². The highest BCUT2D eigenvalue weighted by molar-refractivity contribution is 8.23. The van der Waals surface area contributed by atoms with Gasteiger partial charge in [-0.05, 0) is 38.8 Å². The molecule has 0 aromatic heterocycles. The van der Waals surface area contributed by atoms with Crippen LogP contribution in [0.4, 0.5) is 5.69 Å². The topological polar surface area (TPSA) is 32.3 Å². The lowest BCUT2D eigenvalue weighted by atomic mass is 10.2. The second-order valence-corrected chi connectivity index (χ2v) is 7.05. The number of likely N-dealkylation sites (tertiary alicyclic amines) is 1. The maximum absolute atomic E-state index is 12.1. The van der Waals surface area contributed by atoms with Crippen LogP contribution < -0.4 is 5.32 Å². The molecule has 2 rings (SSSR count). The number of carbonyl (C=O) groups excluding carboxylic acids is 1.